The molecular weight excluding hydrogens is 329 g/mol. The van der Waals surface area contributed by atoms with Crippen molar-refractivity contribution in [1.82, 2.24) is 14.9 Å². The van der Waals surface area contributed by atoms with Gasteiger partial charge in [0.2, 0.25) is 0 Å². The maximum absolute atomic E-state index is 12.4. The lowest BCUT2D eigenvalue weighted by Crippen LogP contribution is -2.41. The number of alkyl halides is 3. The van der Waals surface area contributed by atoms with Crippen LogP contribution in [0.5, 0.6) is 0 Å². The Morgan fingerprint density at radius 1 is 1.17 bits per heavy atom. The Morgan fingerprint density at radius 2 is 1.87 bits per heavy atom. The summed E-state index contributed by atoms with van der Waals surface area (Å²) >= 11 is 6.02. The molecule has 3 rings (SSSR count). The largest absolute Gasteiger partial charge is 0.401 e. The first kappa shape index (κ1) is 16.8. The van der Waals surface area contributed by atoms with Gasteiger partial charge in [-0.3, -0.25) is 4.90 Å². The molecule has 2 fully saturated rings. The van der Waals surface area contributed by atoms with Crippen molar-refractivity contribution in [3.05, 3.63) is 17.0 Å². The van der Waals surface area contributed by atoms with Crippen LogP contribution in [0, 0.1) is 5.92 Å². The molecule has 0 unspecified atom stereocenters. The summed E-state index contributed by atoms with van der Waals surface area (Å²) in [7, 11) is 0. The fourth-order valence-electron chi connectivity index (χ4n) is 2.90. The van der Waals surface area contributed by atoms with E-state index in [4.69, 9.17) is 11.6 Å². The molecule has 4 nitrogen and oxygen atoms in total. The molecule has 0 radical (unpaired) electrons. The lowest BCUT2D eigenvalue weighted by Gasteiger charge is -2.32. The van der Waals surface area contributed by atoms with Crippen molar-refractivity contribution in [2.24, 2.45) is 5.92 Å². The van der Waals surface area contributed by atoms with Gasteiger partial charge in [-0.25, -0.2) is 9.97 Å². The van der Waals surface area contributed by atoms with E-state index in [0.717, 1.165) is 31.5 Å². The molecule has 0 atom stereocenters. The van der Waals surface area contributed by atoms with Crippen LogP contribution in [-0.4, -0.2) is 47.2 Å². The molecular formula is C15H20ClF3N4. The summed E-state index contributed by atoms with van der Waals surface area (Å²) in [6, 6.07) is 1.70. The van der Waals surface area contributed by atoms with Gasteiger partial charge in [0, 0.05) is 18.5 Å². The minimum absolute atomic E-state index is 0.359. The second kappa shape index (κ2) is 6.81. The summed E-state index contributed by atoms with van der Waals surface area (Å²) in [5, 5.41) is 3.70. The van der Waals surface area contributed by atoms with Gasteiger partial charge in [0.25, 0.3) is 0 Å². The van der Waals surface area contributed by atoms with Crippen LogP contribution in [0.3, 0.4) is 0 Å². The molecule has 8 heteroatoms. The third kappa shape index (κ3) is 5.21. The predicted molar refractivity (Wildman–Crippen MR) is 82.7 cm³/mol. The summed E-state index contributed by atoms with van der Waals surface area (Å²) in [6.07, 6.45) is -0.369. The van der Waals surface area contributed by atoms with Crippen LogP contribution in [0.2, 0.25) is 5.15 Å². The van der Waals surface area contributed by atoms with Gasteiger partial charge in [0.1, 0.15) is 16.8 Å². The molecule has 0 bridgehead atoms. The van der Waals surface area contributed by atoms with Crippen LogP contribution in [0.25, 0.3) is 0 Å². The highest BCUT2D eigenvalue weighted by Gasteiger charge is 2.32. The fourth-order valence-corrected chi connectivity index (χ4v) is 3.09. The number of rotatable bonds is 5. The molecule has 1 aromatic heterocycles. The minimum Gasteiger partial charge on any atom is -0.370 e. The van der Waals surface area contributed by atoms with Crippen molar-refractivity contribution in [3.63, 3.8) is 0 Å². The first-order valence-corrected chi connectivity index (χ1v) is 8.34. The number of piperidine rings is 1. The van der Waals surface area contributed by atoms with E-state index in [0.29, 0.717) is 42.4 Å². The van der Waals surface area contributed by atoms with Crippen LogP contribution in [0.4, 0.5) is 19.0 Å². The molecule has 1 N–H and O–H groups in total. The lowest BCUT2D eigenvalue weighted by molar-refractivity contribution is -0.148. The zero-order valence-corrected chi connectivity index (χ0v) is 13.5. The standard InChI is InChI=1S/C15H20ClF3N4/c16-12-7-13(22-14(21-12)11-1-2-11)20-8-10-3-5-23(6-4-10)9-15(17,18)19/h7,10-11H,1-6,8-9H2,(H,20,21,22). The molecule has 2 aliphatic rings. The molecule has 128 valence electrons. The van der Waals surface area contributed by atoms with Gasteiger partial charge in [0.15, 0.2) is 0 Å². The first-order chi connectivity index (χ1) is 10.9. The monoisotopic (exact) mass is 348 g/mol. The van der Waals surface area contributed by atoms with Gasteiger partial charge in [-0.05, 0) is 44.7 Å². The van der Waals surface area contributed by atoms with Gasteiger partial charge in [-0.2, -0.15) is 13.2 Å². The average Bonchev–Trinajstić information content (AvgIpc) is 3.29. The van der Waals surface area contributed by atoms with Crippen molar-refractivity contribution in [2.45, 2.75) is 37.8 Å². The van der Waals surface area contributed by atoms with E-state index in [9.17, 15) is 13.2 Å². The van der Waals surface area contributed by atoms with Crippen LogP contribution in [-0.2, 0) is 0 Å². The number of halogens is 4. The summed E-state index contributed by atoms with van der Waals surface area (Å²) in [5.41, 5.74) is 0. The molecule has 0 spiro atoms. The predicted octanol–water partition coefficient (Wildman–Crippen LogP) is 3.69. The van der Waals surface area contributed by atoms with E-state index in [-0.39, 0.29) is 0 Å². The van der Waals surface area contributed by atoms with Crippen LogP contribution in [0.15, 0.2) is 6.07 Å². The molecule has 0 aromatic carbocycles. The molecule has 1 aliphatic carbocycles. The maximum atomic E-state index is 12.4. The Bertz CT molecular complexity index is 540. The zero-order chi connectivity index (χ0) is 16.4. The molecule has 2 heterocycles. The number of nitrogens with zero attached hydrogens (tertiary/aromatic N) is 3. The zero-order valence-electron chi connectivity index (χ0n) is 12.7. The van der Waals surface area contributed by atoms with Crippen molar-refractivity contribution < 1.29 is 13.2 Å². The second-order valence-electron chi connectivity index (χ2n) is 6.42. The Labute approximate surface area is 138 Å². The van der Waals surface area contributed by atoms with Crippen molar-refractivity contribution in [1.29, 1.82) is 0 Å². The highest BCUT2D eigenvalue weighted by Crippen LogP contribution is 2.38. The summed E-state index contributed by atoms with van der Waals surface area (Å²) in [6.45, 7) is 0.879. The Hall–Kier alpha value is -1.08. The Balaban J connectivity index is 1.46. The van der Waals surface area contributed by atoms with Gasteiger partial charge in [0.05, 0.1) is 6.54 Å². The highest BCUT2D eigenvalue weighted by atomic mass is 35.5. The Kier molecular flexibility index (Phi) is 4.96. The van der Waals surface area contributed by atoms with Crippen molar-refractivity contribution in [3.8, 4) is 0 Å². The molecule has 1 saturated heterocycles. The number of anilines is 1. The summed E-state index contributed by atoms with van der Waals surface area (Å²) in [4.78, 5) is 10.2. The second-order valence-corrected chi connectivity index (χ2v) is 6.81. The minimum atomic E-state index is -4.11. The van der Waals surface area contributed by atoms with Crippen LogP contribution < -0.4 is 5.32 Å². The summed E-state index contributed by atoms with van der Waals surface area (Å²) < 4.78 is 37.1. The maximum Gasteiger partial charge on any atom is 0.401 e. The molecule has 0 amide bonds. The number of nitrogens with one attached hydrogen (secondary N) is 1. The van der Waals surface area contributed by atoms with Gasteiger partial charge >= 0.3 is 6.18 Å². The van der Waals surface area contributed by atoms with E-state index < -0.39 is 12.7 Å². The van der Waals surface area contributed by atoms with Crippen molar-refractivity contribution in [2.75, 3.05) is 31.5 Å². The van der Waals surface area contributed by atoms with E-state index in [1.165, 1.54) is 4.90 Å². The van der Waals surface area contributed by atoms with Gasteiger partial charge in [-0.1, -0.05) is 11.6 Å². The average molecular weight is 349 g/mol. The third-order valence-electron chi connectivity index (χ3n) is 4.34. The molecule has 23 heavy (non-hydrogen) atoms. The van der Waals surface area contributed by atoms with E-state index in [1.54, 1.807) is 6.07 Å². The number of likely N-dealkylation sites (tertiary alicyclic amines) is 1. The fraction of sp³-hybridized carbons (Fsp3) is 0.733. The van der Waals surface area contributed by atoms with Crippen LogP contribution >= 0.6 is 11.6 Å². The lowest BCUT2D eigenvalue weighted by atomic mass is 9.97. The van der Waals surface area contributed by atoms with Crippen LogP contribution in [0.1, 0.15) is 37.4 Å². The number of hydrogen-bond donors (Lipinski definition) is 1. The van der Waals surface area contributed by atoms with E-state index in [2.05, 4.69) is 15.3 Å². The van der Waals surface area contributed by atoms with Gasteiger partial charge in [-0.15, -0.1) is 0 Å². The SMILES string of the molecule is FC(F)(F)CN1CCC(CNc2cc(Cl)nc(C3CC3)n2)CC1. The van der Waals surface area contributed by atoms with E-state index >= 15 is 0 Å². The third-order valence-corrected chi connectivity index (χ3v) is 4.53. The van der Waals surface area contributed by atoms with E-state index in [1.807, 2.05) is 0 Å². The highest BCUT2D eigenvalue weighted by molar-refractivity contribution is 6.29. The topological polar surface area (TPSA) is 41.0 Å². The van der Waals surface area contributed by atoms with Gasteiger partial charge < -0.3 is 5.32 Å². The normalized spacial score (nSPS) is 20.7. The Morgan fingerprint density at radius 3 is 2.48 bits per heavy atom. The number of hydrogen-bond acceptors (Lipinski definition) is 4. The quantitative estimate of drug-likeness (QED) is 0.824. The molecule has 1 aliphatic heterocycles. The number of aromatic nitrogens is 2. The molecule has 1 aromatic rings. The van der Waals surface area contributed by atoms with Crippen molar-refractivity contribution >= 4 is 17.4 Å². The summed E-state index contributed by atoms with van der Waals surface area (Å²) in [5.74, 6) is 2.29. The smallest absolute Gasteiger partial charge is 0.370 e. The molecule has 1 saturated carbocycles. The first-order valence-electron chi connectivity index (χ1n) is 7.96.